The minimum absolute atomic E-state index is 0.00939. The number of aliphatic hydroxyl groups excluding tert-OH is 1. The Hall–Kier alpha value is -2.93. The molecular formula is C22H26N4O3. The number of carbonyl (C=O) groups excluding carboxylic acids is 2. The zero-order chi connectivity index (χ0) is 20.4. The SMILES string of the molecule is CN(CCC(O)c1ccccc1)C(=O)c1cnc2c(c1)N(CC1CC1)C(=O)CN2. The van der Waals surface area contributed by atoms with E-state index in [-0.39, 0.29) is 18.4 Å². The van der Waals surface area contributed by atoms with Crippen molar-refractivity contribution in [1.82, 2.24) is 9.88 Å². The molecule has 1 aliphatic carbocycles. The Morgan fingerprint density at radius 3 is 2.83 bits per heavy atom. The predicted octanol–water partition coefficient (Wildman–Crippen LogP) is 2.45. The normalized spacial score (nSPS) is 16.8. The molecule has 0 bridgehead atoms. The van der Waals surface area contributed by atoms with E-state index in [1.54, 1.807) is 29.1 Å². The summed E-state index contributed by atoms with van der Waals surface area (Å²) in [5.74, 6) is 1.02. The van der Waals surface area contributed by atoms with Crippen LogP contribution in [-0.2, 0) is 4.79 Å². The fourth-order valence-electron chi connectivity index (χ4n) is 3.54. The van der Waals surface area contributed by atoms with E-state index in [0.717, 1.165) is 18.4 Å². The highest BCUT2D eigenvalue weighted by Crippen LogP contribution is 2.35. The highest BCUT2D eigenvalue weighted by molar-refractivity contribution is 6.04. The second kappa shape index (κ2) is 8.21. The zero-order valence-electron chi connectivity index (χ0n) is 16.5. The van der Waals surface area contributed by atoms with Crippen LogP contribution in [0.5, 0.6) is 0 Å². The van der Waals surface area contributed by atoms with Gasteiger partial charge < -0.3 is 20.2 Å². The van der Waals surface area contributed by atoms with E-state index in [0.29, 0.717) is 42.5 Å². The number of rotatable bonds is 7. The van der Waals surface area contributed by atoms with Gasteiger partial charge in [0, 0.05) is 26.3 Å². The van der Waals surface area contributed by atoms with Crippen LogP contribution in [0, 0.1) is 5.92 Å². The molecule has 152 valence electrons. The molecule has 1 unspecified atom stereocenters. The Kier molecular flexibility index (Phi) is 5.49. The molecule has 0 saturated heterocycles. The maximum Gasteiger partial charge on any atom is 0.255 e. The Labute approximate surface area is 170 Å². The van der Waals surface area contributed by atoms with Crippen molar-refractivity contribution in [2.24, 2.45) is 5.92 Å². The maximum atomic E-state index is 12.9. The smallest absolute Gasteiger partial charge is 0.255 e. The van der Waals surface area contributed by atoms with Crippen LogP contribution in [0.25, 0.3) is 0 Å². The van der Waals surface area contributed by atoms with Crippen molar-refractivity contribution < 1.29 is 14.7 Å². The number of aromatic nitrogens is 1. The van der Waals surface area contributed by atoms with E-state index < -0.39 is 6.10 Å². The number of aliphatic hydroxyl groups is 1. The standard InChI is InChI=1S/C22H26N4O3/c1-25(10-9-19(27)16-5-3-2-4-6-16)22(29)17-11-18-21(23-12-17)24-13-20(28)26(18)14-15-7-8-15/h2-6,11-12,15,19,27H,7-10,13-14H2,1H3,(H,23,24). The van der Waals surface area contributed by atoms with Gasteiger partial charge in [0.1, 0.15) is 5.82 Å². The summed E-state index contributed by atoms with van der Waals surface area (Å²) in [6, 6.07) is 11.2. The molecular weight excluding hydrogens is 368 g/mol. The fourth-order valence-corrected chi connectivity index (χ4v) is 3.54. The predicted molar refractivity (Wildman–Crippen MR) is 111 cm³/mol. The zero-order valence-corrected chi connectivity index (χ0v) is 16.5. The first-order valence-corrected chi connectivity index (χ1v) is 10.1. The van der Waals surface area contributed by atoms with Gasteiger partial charge in [0.05, 0.1) is 23.9 Å². The molecule has 2 amide bonds. The Balaban J connectivity index is 1.44. The molecule has 4 rings (SSSR count). The van der Waals surface area contributed by atoms with Gasteiger partial charge in [-0.25, -0.2) is 4.98 Å². The lowest BCUT2D eigenvalue weighted by Crippen LogP contribution is -2.41. The number of hydrogen-bond acceptors (Lipinski definition) is 5. The summed E-state index contributed by atoms with van der Waals surface area (Å²) >= 11 is 0. The number of carbonyl (C=O) groups is 2. The van der Waals surface area contributed by atoms with E-state index >= 15 is 0 Å². The van der Waals surface area contributed by atoms with Gasteiger partial charge in [0.15, 0.2) is 0 Å². The summed E-state index contributed by atoms with van der Waals surface area (Å²) in [6.45, 7) is 1.33. The summed E-state index contributed by atoms with van der Waals surface area (Å²) in [5, 5.41) is 13.4. The van der Waals surface area contributed by atoms with Crippen molar-refractivity contribution in [2.45, 2.75) is 25.4 Å². The summed E-state index contributed by atoms with van der Waals surface area (Å²) in [6.07, 6.45) is 3.65. The largest absolute Gasteiger partial charge is 0.388 e. The van der Waals surface area contributed by atoms with Gasteiger partial charge in [-0.1, -0.05) is 30.3 Å². The van der Waals surface area contributed by atoms with Gasteiger partial charge in [-0.05, 0) is 36.8 Å². The molecule has 2 heterocycles. The molecule has 7 nitrogen and oxygen atoms in total. The first kappa shape index (κ1) is 19.4. The van der Waals surface area contributed by atoms with Gasteiger partial charge >= 0.3 is 0 Å². The second-order valence-corrected chi connectivity index (χ2v) is 7.83. The molecule has 0 radical (unpaired) electrons. The molecule has 1 atom stereocenters. The van der Waals surface area contributed by atoms with Crippen molar-refractivity contribution >= 4 is 23.3 Å². The molecule has 1 aliphatic heterocycles. The number of pyridine rings is 1. The van der Waals surface area contributed by atoms with E-state index in [2.05, 4.69) is 10.3 Å². The molecule has 2 aromatic rings. The Morgan fingerprint density at radius 2 is 2.10 bits per heavy atom. The van der Waals surface area contributed by atoms with Crippen molar-refractivity contribution in [1.29, 1.82) is 0 Å². The minimum Gasteiger partial charge on any atom is -0.388 e. The van der Waals surface area contributed by atoms with Crippen molar-refractivity contribution in [3.63, 3.8) is 0 Å². The quantitative estimate of drug-likeness (QED) is 0.753. The average Bonchev–Trinajstić information content (AvgIpc) is 3.57. The molecule has 7 heteroatoms. The third-order valence-corrected chi connectivity index (χ3v) is 5.52. The number of hydrogen-bond donors (Lipinski definition) is 2. The van der Waals surface area contributed by atoms with Crippen LogP contribution in [0.4, 0.5) is 11.5 Å². The van der Waals surface area contributed by atoms with Crippen LogP contribution >= 0.6 is 0 Å². The lowest BCUT2D eigenvalue weighted by Gasteiger charge is -2.30. The van der Waals surface area contributed by atoms with Crippen LogP contribution in [0.1, 0.15) is 41.3 Å². The highest BCUT2D eigenvalue weighted by atomic mass is 16.3. The second-order valence-electron chi connectivity index (χ2n) is 7.83. The molecule has 1 saturated carbocycles. The Morgan fingerprint density at radius 1 is 1.34 bits per heavy atom. The first-order chi connectivity index (χ1) is 14.0. The summed E-state index contributed by atoms with van der Waals surface area (Å²) in [4.78, 5) is 33.0. The third kappa shape index (κ3) is 4.40. The van der Waals surface area contributed by atoms with E-state index in [1.807, 2.05) is 30.3 Å². The monoisotopic (exact) mass is 394 g/mol. The van der Waals surface area contributed by atoms with Crippen molar-refractivity contribution in [3.8, 4) is 0 Å². The summed E-state index contributed by atoms with van der Waals surface area (Å²) < 4.78 is 0. The molecule has 1 fully saturated rings. The van der Waals surface area contributed by atoms with Gasteiger partial charge in [-0.2, -0.15) is 0 Å². The molecule has 29 heavy (non-hydrogen) atoms. The van der Waals surface area contributed by atoms with E-state index in [4.69, 9.17) is 0 Å². The van der Waals surface area contributed by atoms with Crippen LogP contribution in [0.3, 0.4) is 0 Å². The number of fused-ring (bicyclic) bond motifs is 1. The van der Waals surface area contributed by atoms with Crippen molar-refractivity contribution in [3.05, 3.63) is 53.7 Å². The maximum absolute atomic E-state index is 12.9. The van der Waals surface area contributed by atoms with Crippen molar-refractivity contribution in [2.75, 3.05) is 36.9 Å². The van der Waals surface area contributed by atoms with Crippen LogP contribution in [0.2, 0.25) is 0 Å². The summed E-state index contributed by atoms with van der Waals surface area (Å²) in [7, 11) is 1.71. The number of benzene rings is 1. The third-order valence-electron chi connectivity index (χ3n) is 5.52. The van der Waals surface area contributed by atoms with E-state index in [1.165, 1.54) is 0 Å². The van der Waals surface area contributed by atoms with Gasteiger partial charge in [-0.3, -0.25) is 9.59 Å². The van der Waals surface area contributed by atoms with Gasteiger partial charge in [0.25, 0.3) is 5.91 Å². The number of anilines is 2. The minimum atomic E-state index is -0.621. The van der Waals surface area contributed by atoms with Crippen LogP contribution in [0.15, 0.2) is 42.6 Å². The molecule has 1 aromatic heterocycles. The first-order valence-electron chi connectivity index (χ1n) is 10.1. The topological polar surface area (TPSA) is 85.8 Å². The number of nitrogens with zero attached hydrogens (tertiary/aromatic N) is 3. The lowest BCUT2D eigenvalue weighted by atomic mass is 10.1. The fraction of sp³-hybridized carbons (Fsp3) is 0.409. The highest BCUT2D eigenvalue weighted by Gasteiger charge is 2.32. The molecule has 2 aliphatic rings. The number of amides is 2. The van der Waals surface area contributed by atoms with Gasteiger partial charge in [-0.15, -0.1) is 0 Å². The van der Waals surface area contributed by atoms with E-state index in [9.17, 15) is 14.7 Å². The number of nitrogens with one attached hydrogen (secondary N) is 1. The van der Waals surface area contributed by atoms with Crippen LogP contribution in [-0.4, -0.2) is 53.5 Å². The van der Waals surface area contributed by atoms with Gasteiger partial charge in [0.2, 0.25) is 5.91 Å². The molecule has 0 spiro atoms. The van der Waals surface area contributed by atoms with Crippen LogP contribution < -0.4 is 10.2 Å². The average molecular weight is 394 g/mol. The summed E-state index contributed by atoms with van der Waals surface area (Å²) in [5.41, 5.74) is 1.96. The lowest BCUT2D eigenvalue weighted by molar-refractivity contribution is -0.117. The molecule has 2 N–H and O–H groups in total. The Bertz CT molecular complexity index is 898. The molecule has 1 aromatic carbocycles.